The summed E-state index contributed by atoms with van der Waals surface area (Å²) in [5.74, 6) is 0.0488. The van der Waals surface area contributed by atoms with Gasteiger partial charge in [0.05, 0.1) is 18.5 Å². The number of halogens is 3. The van der Waals surface area contributed by atoms with E-state index in [9.17, 15) is 13.2 Å². The van der Waals surface area contributed by atoms with Crippen LogP contribution in [0.3, 0.4) is 0 Å². The van der Waals surface area contributed by atoms with Gasteiger partial charge in [-0.3, -0.25) is 0 Å². The van der Waals surface area contributed by atoms with Crippen molar-refractivity contribution >= 4 is 22.9 Å². The first-order chi connectivity index (χ1) is 16.9. The van der Waals surface area contributed by atoms with E-state index in [1.165, 1.54) is 37.4 Å². The summed E-state index contributed by atoms with van der Waals surface area (Å²) < 4.78 is 42.1. The number of benzene rings is 3. The zero-order valence-corrected chi connectivity index (χ0v) is 20.7. The lowest BCUT2D eigenvalue weighted by atomic mass is 10.2. The molecule has 3 aromatic carbocycles. The third kappa shape index (κ3) is 11.1. The molecule has 0 saturated carbocycles. The van der Waals surface area contributed by atoms with Crippen LogP contribution < -0.4 is 27.7 Å². The maximum atomic E-state index is 12.6. The van der Waals surface area contributed by atoms with Gasteiger partial charge in [0.25, 0.3) is 0 Å². The van der Waals surface area contributed by atoms with Gasteiger partial charge in [0.1, 0.15) is 29.0 Å². The van der Waals surface area contributed by atoms with Crippen molar-refractivity contribution in [2.75, 3.05) is 30.0 Å². The lowest BCUT2D eigenvalue weighted by Gasteiger charge is -1.99. The van der Waals surface area contributed by atoms with Crippen LogP contribution in [0.4, 0.5) is 36.1 Å². The molecule has 0 aliphatic rings. The van der Waals surface area contributed by atoms with Crippen LogP contribution in [0.15, 0.2) is 72.9 Å². The van der Waals surface area contributed by atoms with Crippen LogP contribution in [0.5, 0.6) is 5.75 Å². The summed E-state index contributed by atoms with van der Waals surface area (Å²) >= 11 is 0. The van der Waals surface area contributed by atoms with Gasteiger partial charge in [-0.1, -0.05) is 6.07 Å². The van der Waals surface area contributed by atoms with Crippen LogP contribution in [0.1, 0.15) is 16.7 Å². The number of rotatable bonds is 1. The van der Waals surface area contributed by atoms with Gasteiger partial charge in [0, 0.05) is 18.0 Å². The van der Waals surface area contributed by atoms with E-state index in [0.717, 1.165) is 16.7 Å². The number of methoxy groups -OCH3 is 1. The Kier molecular flexibility index (Phi) is 12.2. The second-order valence-corrected chi connectivity index (χ2v) is 7.67. The molecule has 4 rings (SSSR count). The standard InChI is InChI=1S/C7H8FNO.2C7H8FN.C6H8N2/c1-10-5-2-3-7(9)6(8)4-5;1-5-4-6(8)2-3-7(5)9;1-5-2-3-7(9)6(8)4-5;1-5-2-3-8-6(7)4-5/h2-4H,9H2,1H3;2*2-4H,9H2,1H3;2-4H,1H3,(H2,7,8). The molecule has 192 valence electrons. The van der Waals surface area contributed by atoms with Crippen LogP contribution in [0.25, 0.3) is 0 Å². The third-order valence-electron chi connectivity index (χ3n) is 4.53. The first kappa shape index (κ1) is 29.6. The van der Waals surface area contributed by atoms with Gasteiger partial charge >= 0.3 is 0 Å². The van der Waals surface area contributed by atoms with Gasteiger partial charge in [-0.2, -0.15) is 0 Å². The molecule has 0 unspecified atom stereocenters. The largest absolute Gasteiger partial charge is 0.497 e. The number of ether oxygens (including phenoxy) is 1. The van der Waals surface area contributed by atoms with E-state index in [1.54, 1.807) is 37.4 Å². The Morgan fingerprint density at radius 3 is 1.61 bits per heavy atom. The van der Waals surface area contributed by atoms with Gasteiger partial charge in [-0.15, -0.1) is 0 Å². The molecular formula is C27H32F3N5O. The van der Waals surface area contributed by atoms with Crippen molar-refractivity contribution in [2.24, 2.45) is 0 Å². The lowest BCUT2D eigenvalue weighted by molar-refractivity contribution is 0.411. The zero-order valence-electron chi connectivity index (χ0n) is 20.7. The summed E-state index contributed by atoms with van der Waals surface area (Å²) in [4.78, 5) is 3.82. The fourth-order valence-electron chi connectivity index (χ4n) is 2.47. The highest BCUT2D eigenvalue weighted by Gasteiger charge is 1.98. The predicted molar refractivity (Wildman–Crippen MR) is 142 cm³/mol. The number of aromatic nitrogens is 1. The quantitative estimate of drug-likeness (QED) is 0.244. The second-order valence-electron chi connectivity index (χ2n) is 7.67. The van der Waals surface area contributed by atoms with E-state index >= 15 is 0 Å². The molecule has 1 heterocycles. The third-order valence-corrected chi connectivity index (χ3v) is 4.53. The maximum absolute atomic E-state index is 12.6. The molecule has 4 aromatic rings. The SMILES string of the molecule is COc1ccc(N)c(F)c1.Cc1cc(F)ccc1N.Cc1ccc(N)c(F)c1.Cc1ccnc(N)c1. The van der Waals surface area contributed by atoms with Crippen LogP contribution in [-0.4, -0.2) is 12.1 Å². The van der Waals surface area contributed by atoms with E-state index in [-0.39, 0.29) is 23.0 Å². The number of nitrogen functional groups attached to an aromatic ring is 4. The predicted octanol–water partition coefficient (Wildman–Crippen LogP) is 5.82. The molecule has 8 N–H and O–H groups in total. The van der Waals surface area contributed by atoms with Gasteiger partial charge in [-0.05, 0) is 92.1 Å². The molecule has 36 heavy (non-hydrogen) atoms. The average molecular weight is 500 g/mol. The number of aryl methyl sites for hydroxylation is 3. The first-order valence-corrected chi connectivity index (χ1v) is 10.7. The summed E-state index contributed by atoms with van der Waals surface area (Å²) in [5.41, 5.74) is 25.0. The van der Waals surface area contributed by atoms with Crippen LogP contribution >= 0.6 is 0 Å². The van der Waals surface area contributed by atoms with Gasteiger partial charge in [0.15, 0.2) is 0 Å². The summed E-state index contributed by atoms with van der Waals surface area (Å²) in [6.45, 7) is 5.58. The molecule has 0 aliphatic carbocycles. The molecule has 0 bridgehead atoms. The molecule has 9 heteroatoms. The zero-order chi connectivity index (χ0) is 27.3. The molecule has 0 aliphatic heterocycles. The second kappa shape index (κ2) is 14.8. The Labute approximate surface area is 209 Å². The molecule has 0 atom stereocenters. The summed E-state index contributed by atoms with van der Waals surface area (Å²) in [5, 5.41) is 0. The van der Waals surface area contributed by atoms with Crippen molar-refractivity contribution in [3.05, 3.63) is 107 Å². The number of nitrogens with zero attached hydrogens (tertiary/aromatic N) is 1. The molecule has 0 spiro atoms. The van der Waals surface area contributed by atoms with E-state index in [0.29, 0.717) is 17.3 Å². The highest BCUT2D eigenvalue weighted by molar-refractivity contribution is 5.45. The Morgan fingerprint density at radius 1 is 0.639 bits per heavy atom. The van der Waals surface area contributed by atoms with Crippen molar-refractivity contribution in [3.63, 3.8) is 0 Å². The number of pyridine rings is 1. The van der Waals surface area contributed by atoms with E-state index in [4.69, 9.17) is 27.7 Å². The Hall–Kier alpha value is -4.40. The highest BCUT2D eigenvalue weighted by Crippen LogP contribution is 2.17. The van der Waals surface area contributed by atoms with Crippen LogP contribution in [0.2, 0.25) is 0 Å². The Balaban J connectivity index is 0.000000241. The van der Waals surface area contributed by atoms with Crippen molar-refractivity contribution in [2.45, 2.75) is 20.8 Å². The topological polar surface area (TPSA) is 126 Å². The Bertz CT molecular complexity index is 1190. The first-order valence-electron chi connectivity index (χ1n) is 10.7. The molecule has 0 fully saturated rings. The Morgan fingerprint density at radius 2 is 1.19 bits per heavy atom. The fourth-order valence-corrected chi connectivity index (χ4v) is 2.47. The van der Waals surface area contributed by atoms with Gasteiger partial charge in [-0.25, -0.2) is 18.2 Å². The van der Waals surface area contributed by atoms with Crippen molar-refractivity contribution < 1.29 is 17.9 Å². The summed E-state index contributed by atoms with van der Waals surface area (Å²) in [6.07, 6.45) is 1.70. The van der Waals surface area contributed by atoms with Crippen molar-refractivity contribution in [3.8, 4) is 5.75 Å². The number of hydrogen-bond donors (Lipinski definition) is 4. The molecule has 0 amide bonds. The number of hydrogen-bond acceptors (Lipinski definition) is 6. The van der Waals surface area contributed by atoms with Gasteiger partial charge < -0.3 is 27.7 Å². The van der Waals surface area contributed by atoms with E-state index in [1.807, 2.05) is 26.0 Å². The van der Waals surface area contributed by atoms with E-state index < -0.39 is 5.82 Å². The van der Waals surface area contributed by atoms with Crippen molar-refractivity contribution in [1.29, 1.82) is 0 Å². The molecule has 0 saturated heterocycles. The molecular weight excluding hydrogens is 467 g/mol. The molecule has 6 nitrogen and oxygen atoms in total. The highest BCUT2D eigenvalue weighted by atomic mass is 19.1. The molecule has 1 aromatic heterocycles. The van der Waals surface area contributed by atoms with E-state index in [2.05, 4.69) is 4.98 Å². The maximum Gasteiger partial charge on any atom is 0.149 e. The summed E-state index contributed by atoms with van der Waals surface area (Å²) in [6, 6.07) is 17.1. The minimum Gasteiger partial charge on any atom is -0.497 e. The van der Waals surface area contributed by atoms with Crippen LogP contribution in [-0.2, 0) is 0 Å². The monoisotopic (exact) mass is 499 g/mol. The average Bonchev–Trinajstić information content (AvgIpc) is 2.82. The van der Waals surface area contributed by atoms with Crippen LogP contribution in [0, 0.1) is 38.2 Å². The minimum atomic E-state index is -0.445. The van der Waals surface area contributed by atoms with Crippen molar-refractivity contribution in [1.82, 2.24) is 4.98 Å². The lowest BCUT2D eigenvalue weighted by Crippen LogP contribution is -1.90. The smallest absolute Gasteiger partial charge is 0.149 e. The fraction of sp³-hybridized carbons (Fsp3) is 0.148. The normalized spacial score (nSPS) is 9.42. The molecule has 0 radical (unpaired) electrons. The number of anilines is 4. The minimum absolute atomic E-state index is 0.140. The van der Waals surface area contributed by atoms with Gasteiger partial charge in [0.2, 0.25) is 0 Å². The summed E-state index contributed by atoms with van der Waals surface area (Å²) in [7, 11) is 1.48. The number of nitrogens with two attached hydrogens (primary N) is 4.